The number of ether oxygens (including phenoxy) is 2. The number of aliphatic imine (C=N–C) groups is 1. The summed E-state index contributed by atoms with van der Waals surface area (Å²) in [6.07, 6.45) is 0. The first-order valence-corrected chi connectivity index (χ1v) is 10.5. The van der Waals surface area contributed by atoms with E-state index in [1.165, 1.54) is 11.8 Å². The minimum absolute atomic E-state index is 0.211. The van der Waals surface area contributed by atoms with Crippen molar-refractivity contribution in [3.05, 3.63) is 82.0 Å². The quantitative estimate of drug-likeness (QED) is 0.718. The van der Waals surface area contributed by atoms with Gasteiger partial charge in [0.25, 0.3) is 0 Å². The van der Waals surface area contributed by atoms with Crippen LogP contribution in [0.3, 0.4) is 0 Å². The molecule has 31 heavy (non-hydrogen) atoms. The molecule has 2 aromatic carbocycles. The molecule has 2 heterocycles. The monoisotopic (exact) mass is 432 g/mol. The molecule has 2 aliphatic heterocycles. The van der Waals surface area contributed by atoms with Crippen LogP contribution in [0.1, 0.15) is 24.1 Å². The first kappa shape index (κ1) is 20.6. The molecule has 0 bridgehead atoms. The van der Waals surface area contributed by atoms with Gasteiger partial charge in [-0.3, -0.25) is 4.90 Å². The van der Waals surface area contributed by atoms with E-state index in [0.717, 1.165) is 11.1 Å². The molecule has 0 aliphatic carbocycles. The van der Waals surface area contributed by atoms with E-state index >= 15 is 0 Å². The second-order valence-corrected chi connectivity index (χ2v) is 7.66. The lowest BCUT2D eigenvalue weighted by molar-refractivity contribution is -0.139. The smallest absolute Gasteiger partial charge is 0.338 e. The molecule has 156 valence electrons. The van der Waals surface area contributed by atoms with Crippen LogP contribution >= 0.6 is 11.8 Å². The van der Waals surface area contributed by atoms with Gasteiger partial charge in [0.05, 0.1) is 25.0 Å². The van der Waals surface area contributed by atoms with Gasteiger partial charge >= 0.3 is 5.97 Å². The fourth-order valence-electron chi connectivity index (χ4n) is 3.65. The number of nitrogens with two attached hydrogens (primary N) is 1. The number of carbonyl (C=O) groups is 1. The Hall–Kier alpha value is -3.70. The number of hydrogen-bond donors (Lipinski definition) is 1. The molecule has 0 spiro atoms. The zero-order valence-corrected chi connectivity index (χ0v) is 17.8. The Balaban J connectivity index is 2.03. The molecule has 1 atom stereocenters. The standard InChI is InChI=1S/C23H20N4O3S/c1-3-30-22(28)18-19(14-9-5-4-6-10-14)26-23-27(21(25)17(13-24)31-23)20(18)15-11-7-8-12-16(15)29-2/h4-12,20H,3,25H2,1-2H3/t20-/m0/s1. The summed E-state index contributed by atoms with van der Waals surface area (Å²) in [4.78, 5) is 20.1. The van der Waals surface area contributed by atoms with E-state index in [4.69, 9.17) is 20.2 Å². The fourth-order valence-corrected chi connectivity index (χ4v) is 4.52. The number of fused-ring (bicyclic) bond motifs is 1. The van der Waals surface area contributed by atoms with Crippen LogP contribution in [-0.4, -0.2) is 29.8 Å². The Kier molecular flexibility index (Phi) is 5.69. The number of methoxy groups -OCH3 is 1. The van der Waals surface area contributed by atoms with Gasteiger partial charge in [-0.05, 0) is 24.8 Å². The lowest BCUT2D eigenvalue weighted by atomic mass is 9.91. The van der Waals surface area contributed by atoms with Crippen LogP contribution < -0.4 is 10.5 Å². The number of thioether (sulfide) groups is 1. The van der Waals surface area contributed by atoms with Gasteiger partial charge in [-0.1, -0.05) is 48.5 Å². The van der Waals surface area contributed by atoms with Crippen LogP contribution in [0.2, 0.25) is 0 Å². The second kappa shape index (κ2) is 8.58. The molecule has 0 radical (unpaired) electrons. The van der Waals surface area contributed by atoms with Crippen molar-refractivity contribution in [2.75, 3.05) is 13.7 Å². The van der Waals surface area contributed by atoms with Crippen LogP contribution in [0.25, 0.3) is 5.70 Å². The first-order valence-electron chi connectivity index (χ1n) is 9.65. The minimum atomic E-state index is -0.670. The number of hydrogen-bond acceptors (Lipinski definition) is 8. The van der Waals surface area contributed by atoms with E-state index < -0.39 is 12.0 Å². The van der Waals surface area contributed by atoms with Gasteiger partial charge in [0.15, 0.2) is 5.17 Å². The minimum Gasteiger partial charge on any atom is -0.496 e. The predicted octanol–water partition coefficient (Wildman–Crippen LogP) is 3.78. The molecular weight excluding hydrogens is 412 g/mol. The predicted molar refractivity (Wildman–Crippen MR) is 119 cm³/mol. The number of rotatable bonds is 5. The highest BCUT2D eigenvalue weighted by atomic mass is 32.2. The van der Waals surface area contributed by atoms with Crippen LogP contribution in [0.15, 0.2) is 75.9 Å². The number of nitriles is 1. The highest BCUT2D eigenvalue weighted by Gasteiger charge is 2.44. The van der Waals surface area contributed by atoms with E-state index in [1.807, 2.05) is 54.6 Å². The maximum Gasteiger partial charge on any atom is 0.338 e. The van der Waals surface area contributed by atoms with Crippen molar-refractivity contribution in [1.82, 2.24) is 4.90 Å². The molecule has 0 saturated carbocycles. The molecule has 4 rings (SSSR count). The molecule has 2 aliphatic rings. The van der Waals surface area contributed by atoms with Crippen LogP contribution in [-0.2, 0) is 9.53 Å². The van der Waals surface area contributed by atoms with Gasteiger partial charge < -0.3 is 15.2 Å². The molecule has 0 amide bonds. The van der Waals surface area contributed by atoms with Gasteiger partial charge in [-0.2, -0.15) is 5.26 Å². The summed E-state index contributed by atoms with van der Waals surface area (Å²) in [6, 6.07) is 18.3. The van der Waals surface area contributed by atoms with Crippen molar-refractivity contribution in [3.63, 3.8) is 0 Å². The van der Waals surface area contributed by atoms with Crippen molar-refractivity contribution in [2.45, 2.75) is 13.0 Å². The van der Waals surface area contributed by atoms with E-state index in [-0.39, 0.29) is 12.4 Å². The van der Waals surface area contributed by atoms with Gasteiger partial charge in [0.2, 0.25) is 0 Å². The van der Waals surface area contributed by atoms with Gasteiger partial charge in [0, 0.05) is 11.1 Å². The lowest BCUT2D eigenvalue weighted by Gasteiger charge is -2.36. The summed E-state index contributed by atoms with van der Waals surface area (Å²) in [5.41, 5.74) is 8.66. The van der Waals surface area contributed by atoms with Gasteiger partial charge in [-0.15, -0.1) is 0 Å². The van der Waals surface area contributed by atoms with Crippen molar-refractivity contribution >= 4 is 28.6 Å². The van der Waals surface area contributed by atoms with Crippen molar-refractivity contribution in [2.24, 2.45) is 10.7 Å². The van der Waals surface area contributed by atoms with Gasteiger partial charge in [-0.25, -0.2) is 9.79 Å². The molecule has 0 fully saturated rings. The Morgan fingerprint density at radius 2 is 1.94 bits per heavy atom. The first-order chi connectivity index (χ1) is 15.1. The van der Waals surface area contributed by atoms with Crippen molar-refractivity contribution in [3.8, 4) is 11.8 Å². The third kappa shape index (κ3) is 3.53. The SMILES string of the molecule is CCOC(=O)C1=C(c2ccccc2)N=C2SC(C#N)=C(N)N2[C@H]1c1ccccc1OC. The van der Waals surface area contributed by atoms with Crippen molar-refractivity contribution in [1.29, 1.82) is 5.26 Å². The summed E-state index contributed by atoms with van der Waals surface area (Å²) in [5, 5.41) is 10.1. The maximum absolute atomic E-state index is 13.3. The zero-order chi connectivity index (χ0) is 22.0. The largest absolute Gasteiger partial charge is 0.496 e. The molecule has 7 nitrogen and oxygen atoms in total. The van der Waals surface area contributed by atoms with E-state index in [9.17, 15) is 10.1 Å². The number of esters is 1. The van der Waals surface area contributed by atoms with Crippen molar-refractivity contribution < 1.29 is 14.3 Å². The average Bonchev–Trinajstić information content (AvgIpc) is 3.13. The maximum atomic E-state index is 13.3. The average molecular weight is 433 g/mol. The number of allylic oxidation sites excluding steroid dienone is 1. The highest BCUT2D eigenvalue weighted by Crippen LogP contribution is 2.49. The topological polar surface area (TPSA) is 101 Å². The molecular formula is C23H20N4O3S. The molecule has 0 saturated heterocycles. The normalized spacial score (nSPS) is 17.8. The zero-order valence-electron chi connectivity index (χ0n) is 17.0. The molecule has 0 aromatic heterocycles. The summed E-state index contributed by atoms with van der Waals surface area (Å²) in [7, 11) is 1.57. The van der Waals surface area contributed by atoms with Crippen LogP contribution in [0.4, 0.5) is 0 Å². The number of para-hydroxylation sites is 1. The third-order valence-corrected chi connectivity index (χ3v) is 5.94. The van der Waals surface area contributed by atoms with Crippen LogP contribution in [0.5, 0.6) is 5.75 Å². The molecule has 2 N–H and O–H groups in total. The summed E-state index contributed by atoms with van der Waals surface area (Å²) in [6.45, 7) is 1.97. The Bertz CT molecular complexity index is 1160. The fraction of sp³-hybridized carbons (Fsp3) is 0.174. The van der Waals surface area contributed by atoms with E-state index in [1.54, 1.807) is 18.9 Å². The third-order valence-electron chi connectivity index (χ3n) is 4.96. The molecule has 8 heteroatoms. The Morgan fingerprint density at radius 1 is 1.23 bits per heavy atom. The summed E-state index contributed by atoms with van der Waals surface area (Å²) < 4.78 is 11.0. The van der Waals surface area contributed by atoms with E-state index in [2.05, 4.69) is 6.07 Å². The van der Waals surface area contributed by atoms with Gasteiger partial charge in [0.1, 0.15) is 28.6 Å². The number of benzene rings is 2. The highest BCUT2D eigenvalue weighted by molar-refractivity contribution is 8.17. The summed E-state index contributed by atoms with van der Waals surface area (Å²) in [5.74, 6) is 0.338. The number of amidine groups is 1. The molecule has 2 aromatic rings. The number of nitrogens with zero attached hydrogens (tertiary/aromatic N) is 3. The van der Waals surface area contributed by atoms with Crippen LogP contribution in [0, 0.1) is 11.3 Å². The summed E-state index contributed by atoms with van der Waals surface area (Å²) >= 11 is 1.18. The Labute approximate surface area is 184 Å². The Morgan fingerprint density at radius 3 is 2.61 bits per heavy atom. The lowest BCUT2D eigenvalue weighted by Crippen LogP contribution is -2.39. The second-order valence-electron chi connectivity index (χ2n) is 6.69. The molecule has 0 unspecified atom stereocenters. The van der Waals surface area contributed by atoms with E-state index in [0.29, 0.717) is 27.1 Å². The number of carbonyl (C=O) groups excluding carboxylic acids is 1.